The summed E-state index contributed by atoms with van der Waals surface area (Å²) in [6.45, 7) is 2.70. The zero-order valence-corrected chi connectivity index (χ0v) is 26.5. The van der Waals surface area contributed by atoms with Crippen molar-refractivity contribution in [3.8, 4) is 0 Å². The zero-order valence-electron chi connectivity index (χ0n) is 22.6. The number of aromatic nitrogens is 3. The molecule has 2 fully saturated rings. The molecule has 1 saturated heterocycles. The Balaban J connectivity index is 0.000000677. The van der Waals surface area contributed by atoms with E-state index < -0.39 is 48.7 Å². The fourth-order valence-corrected chi connectivity index (χ4v) is 4.81. The Morgan fingerprint density at radius 3 is 2.33 bits per heavy atom. The number of anilines is 1. The molecule has 3 heterocycles. The average molecular weight is 611 g/mol. The number of alkyl halides is 4. The van der Waals surface area contributed by atoms with Gasteiger partial charge in [-0.25, -0.2) is 14.4 Å². The summed E-state index contributed by atoms with van der Waals surface area (Å²) in [5, 5.41) is 19.3. The first kappa shape index (κ1) is 33.2. The molecule has 1 saturated carbocycles. The van der Waals surface area contributed by atoms with E-state index in [2.05, 4.69) is 9.97 Å². The maximum absolute atomic E-state index is 13.9. The van der Waals surface area contributed by atoms with Crippen LogP contribution in [-0.4, -0.2) is 56.1 Å². The second-order valence-electron chi connectivity index (χ2n) is 10.7. The van der Waals surface area contributed by atoms with Gasteiger partial charge in [0, 0.05) is 18.0 Å². The van der Waals surface area contributed by atoms with Crippen LogP contribution in [0.3, 0.4) is 0 Å². The number of aliphatic carboxylic acids is 1. The molecule has 3 aromatic rings. The fraction of sp³-hybridized carbons (Fsp3) is 0.500. The van der Waals surface area contributed by atoms with Crippen LogP contribution in [-0.2, 0) is 17.0 Å². The molecule has 0 bridgehead atoms. The van der Waals surface area contributed by atoms with Gasteiger partial charge in [-0.05, 0) is 30.0 Å². The Bertz CT molecular complexity index is 1360. The van der Waals surface area contributed by atoms with E-state index in [4.69, 9.17) is 5.11 Å². The maximum atomic E-state index is 13.9. The number of thioether (sulfide) groups is 1. The van der Waals surface area contributed by atoms with Gasteiger partial charge in [0.25, 0.3) is 0 Å². The number of carbonyl (C=O) groups is 1. The SMILES string of the molecule is CC(C)(C)[O-].O=C(O)Cc1cc(CSc2ncc3c(n2)c(N2CC(F)(F)C(F)(F)C2)cn3C2CC2)ccc1F.[K+]. The fourth-order valence-electron chi connectivity index (χ4n) is 4.06. The van der Waals surface area contributed by atoms with E-state index >= 15 is 0 Å². The van der Waals surface area contributed by atoms with Crippen molar-refractivity contribution >= 4 is 34.5 Å². The van der Waals surface area contributed by atoms with Crippen molar-refractivity contribution in [1.82, 2.24) is 14.5 Å². The molecule has 1 aliphatic carbocycles. The molecular weight excluding hydrogens is 582 g/mol. The predicted molar refractivity (Wildman–Crippen MR) is 135 cm³/mol. The summed E-state index contributed by atoms with van der Waals surface area (Å²) in [5.41, 5.74) is 1.09. The Morgan fingerprint density at radius 2 is 1.77 bits per heavy atom. The number of fused-ring (bicyclic) bond motifs is 1. The van der Waals surface area contributed by atoms with Crippen LogP contribution in [0.5, 0.6) is 0 Å². The van der Waals surface area contributed by atoms with Gasteiger partial charge in [-0.1, -0.05) is 44.7 Å². The number of hydrogen-bond donors (Lipinski definition) is 1. The number of benzene rings is 1. The van der Waals surface area contributed by atoms with Gasteiger partial charge in [0.1, 0.15) is 11.3 Å². The summed E-state index contributed by atoms with van der Waals surface area (Å²) in [6, 6.07) is 4.34. The predicted octanol–water partition coefficient (Wildman–Crippen LogP) is 2.06. The number of carboxylic acids is 1. The normalized spacial score (nSPS) is 17.8. The van der Waals surface area contributed by atoms with Crippen molar-refractivity contribution in [2.75, 3.05) is 18.0 Å². The largest absolute Gasteiger partial charge is 1.00 e. The molecule has 1 N–H and O–H groups in total. The molecule has 1 aliphatic heterocycles. The van der Waals surface area contributed by atoms with Crippen molar-refractivity contribution in [3.05, 3.63) is 47.5 Å². The van der Waals surface area contributed by atoms with Crippen molar-refractivity contribution in [2.24, 2.45) is 0 Å². The van der Waals surface area contributed by atoms with Gasteiger partial charge in [0.2, 0.25) is 0 Å². The van der Waals surface area contributed by atoms with Gasteiger partial charge < -0.3 is 19.7 Å². The van der Waals surface area contributed by atoms with Gasteiger partial charge in [-0.15, -0.1) is 5.60 Å². The van der Waals surface area contributed by atoms with E-state index in [1.54, 1.807) is 33.2 Å². The van der Waals surface area contributed by atoms with E-state index in [-0.39, 0.29) is 68.7 Å². The van der Waals surface area contributed by atoms with Crippen molar-refractivity contribution in [3.63, 3.8) is 0 Å². The summed E-state index contributed by atoms with van der Waals surface area (Å²) in [6.07, 6.45) is 4.50. The molecule has 0 radical (unpaired) electrons. The molecule has 7 nitrogen and oxygen atoms in total. The first-order valence-corrected chi connectivity index (χ1v) is 13.2. The Morgan fingerprint density at radius 1 is 1.18 bits per heavy atom. The van der Waals surface area contributed by atoms with Crippen LogP contribution in [0.1, 0.15) is 50.8 Å². The van der Waals surface area contributed by atoms with Crippen LogP contribution in [0.2, 0.25) is 0 Å². The molecule has 0 amide bonds. The summed E-state index contributed by atoms with van der Waals surface area (Å²) in [7, 11) is 0. The van der Waals surface area contributed by atoms with Gasteiger partial charge in [0.05, 0.1) is 36.9 Å². The molecule has 0 unspecified atom stereocenters. The zero-order chi connectivity index (χ0) is 28.8. The van der Waals surface area contributed by atoms with Gasteiger partial charge in [-0.3, -0.25) is 4.79 Å². The van der Waals surface area contributed by atoms with Crippen molar-refractivity contribution in [2.45, 2.75) is 74.4 Å². The van der Waals surface area contributed by atoms with E-state index in [9.17, 15) is 31.9 Å². The first-order chi connectivity index (χ1) is 18.0. The topological polar surface area (TPSA) is 94.3 Å². The van der Waals surface area contributed by atoms with Crippen LogP contribution in [0, 0.1) is 5.82 Å². The van der Waals surface area contributed by atoms with E-state index in [0.717, 1.165) is 17.7 Å². The number of halogens is 5. The number of hydrogen-bond acceptors (Lipinski definition) is 6. The van der Waals surface area contributed by atoms with Gasteiger partial charge >= 0.3 is 69.2 Å². The number of rotatable bonds is 7. The maximum Gasteiger partial charge on any atom is 1.00 e. The third-order valence-electron chi connectivity index (χ3n) is 5.94. The summed E-state index contributed by atoms with van der Waals surface area (Å²) in [5.74, 6) is -9.73. The van der Waals surface area contributed by atoms with Crippen LogP contribution in [0.4, 0.5) is 27.6 Å². The van der Waals surface area contributed by atoms with Crippen molar-refractivity contribution < 1.29 is 88.3 Å². The van der Waals surface area contributed by atoms with E-state index in [0.29, 0.717) is 27.5 Å². The molecule has 0 spiro atoms. The minimum absolute atomic E-state index is 0. The molecule has 2 aliphatic rings. The minimum Gasteiger partial charge on any atom is -0.850 e. The Hall–Kier alpha value is -1.29. The van der Waals surface area contributed by atoms with E-state index in [1.807, 2.05) is 4.57 Å². The average Bonchev–Trinajstić information content (AvgIpc) is 3.53. The Kier molecular flexibility index (Phi) is 10.4. The second kappa shape index (κ2) is 12.5. The van der Waals surface area contributed by atoms with Crippen molar-refractivity contribution in [1.29, 1.82) is 0 Å². The molecule has 2 aromatic heterocycles. The third-order valence-corrected chi connectivity index (χ3v) is 6.88. The van der Waals surface area contributed by atoms with E-state index in [1.165, 1.54) is 30.0 Å². The third kappa shape index (κ3) is 8.17. The molecule has 212 valence electrons. The number of carboxylic acid groups (broad SMARTS) is 1. The summed E-state index contributed by atoms with van der Waals surface area (Å²) < 4.78 is 71.1. The first-order valence-electron chi connectivity index (χ1n) is 12.2. The molecular formula is C26H28F5KN4O3S. The summed E-state index contributed by atoms with van der Waals surface area (Å²) in [4.78, 5) is 20.7. The summed E-state index contributed by atoms with van der Waals surface area (Å²) >= 11 is 1.19. The van der Waals surface area contributed by atoms with Crippen LogP contribution >= 0.6 is 11.8 Å². The monoisotopic (exact) mass is 610 g/mol. The van der Waals surface area contributed by atoms with Gasteiger partial charge in [-0.2, -0.15) is 17.6 Å². The Labute approximate surface area is 275 Å². The van der Waals surface area contributed by atoms with Gasteiger partial charge in [0.15, 0.2) is 5.16 Å². The molecule has 5 rings (SSSR count). The standard InChI is InChI=1S/C22H19F5N4O2S.C4H9O.K/c23-15-4-1-12(5-13(15)6-18(32)33)9-34-20-28-7-16-19(29-20)17(8-31(16)14-2-3-14)30-10-21(24,25)22(26,27)11-30;1-4(2,3)5;/h1,4-5,7-8,14H,2-3,6,9-11H2,(H,32,33);1-3H3;/q;-1;+1. The minimum atomic E-state index is -4.14. The quantitative estimate of drug-likeness (QED) is 0.190. The molecule has 40 heavy (non-hydrogen) atoms. The molecule has 1 aromatic carbocycles. The van der Waals surface area contributed by atoms with Crippen LogP contribution in [0.25, 0.3) is 11.0 Å². The number of nitrogens with zero attached hydrogens (tertiary/aromatic N) is 4. The molecule has 14 heteroatoms. The van der Waals surface area contributed by atoms with Crippen LogP contribution < -0.4 is 61.4 Å². The smallest absolute Gasteiger partial charge is 0.850 e. The molecule has 0 atom stereocenters. The van der Waals surface area contributed by atoms with Crippen LogP contribution in [0.15, 0.2) is 35.7 Å². The second-order valence-corrected chi connectivity index (χ2v) is 11.6.